The van der Waals surface area contributed by atoms with Crippen molar-refractivity contribution in [1.82, 2.24) is 15.1 Å². The van der Waals surface area contributed by atoms with Gasteiger partial charge in [-0.05, 0) is 65.7 Å². The van der Waals surface area contributed by atoms with Crippen LogP contribution in [-0.4, -0.2) is 73.4 Å². The second-order valence-electron chi connectivity index (χ2n) is 6.95. The number of nitrogens with one attached hydrogen (secondary N) is 1. The first kappa shape index (κ1) is 18.9. The van der Waals surface area contributed by atoms with Crippen molar-refractivity contribution in [1.29, 1.82) is 0 Å². The minimum atomic E-state index is -0.0387. The molecule has 1 fully saturated rings. The number of nitrogens with zero attached hydrogens (tertiary/aromatic N) is 2. The molecule has 21 heavy (non-hydrogen) atoms. The first-order valence-electron chi connectivity index (χ1n) is 8.81. The van der Waals surface area contributed by atoms with Gasteiger partial charge in [0, 0.05) is 24.7 Å². The standard InChI is InChI=1S/C17H37N3O/c1-5-10-18-17(15-21)9-7-8-16(14-17)20(11-6-2)13-12-19(3)4/h16,18,21H,5-15H2,1-4H3. The van der Waals surface area contributed by atoms with Crippen LogP contribution in [0.15, 0.2) is 0 Å². The zero-order chi connectivity index (χ0) is 15.7. The Morgan fingerprint density at radius 3 is 2.48 bits per heavy atom. The fourth-order valence-corrected chi connectivity index (χ4v) is 3.49. The zero-order valence-corrected chi connectivity index (χ0v) is 14.7. The Morgan fingerprint density at radius 2 is 1.90 bits per heavy atom. The molecular formula is C17H37N3O. The van der Waals surface area contributed by atoms with Crippen LogP contribution in [0.5, 0.6) is 0 Å². The van der Waals surface area contributed by atoms with Gasteiger partial charge in [0.15, 0.2) is 0 Å². The SMILES string of the molecule is CCCNC1(CO)CCCC(N(CCC)CCN(C)C)C1. The summed E-state index contributed by atoms with van der Waals surface area (Å²) in [7, 11) is 4.29. The Bertz CT molecular complexity index is 273. The van der Waals surface area contributed by atoms with Gasteiger partial charge in [0.2, 0.25) is 0 Å². The lowest BCUT2D eigenvalue weighted by molar-refractivity contribution is 0.0564. The van der Waals surface area contributed by atoms with Crippen molar-refractivity contribution in [3.05, 3.63) is 0 Å². The van der Waals surface area contributed by atoms with Crippen molar-refractivity contribution >= 4 is 0 Å². The van der Waals surface area contributed by atoms with Crippen LogP contribution in [0.25, 0.3) is 0 Å². The highest BCUT2D eigenvalue weighted by molar-refractivity contribution is 4.96. The average molecular weight is 300 g/mol. The molecule has 4 heteroatoms. The monoisotopic (exact) mass is 299 g/mol. The summed E-state index contributed by atoms with van der Waals surface area (Å²) in [6.45, 7) is 9.18. The van der Waals surface area contributed by atoms with Crippen molar-refractivity contribution in [3.63, 3.8) is 0 Å². The van der Waals surface area contributed by atoms with Gasteiger partial charge in [0.05, 0.1) is 6.61 Å². The normalized spacial score (nSPS) is 26.7. The molecule has 0 aromatic heterocycles. The van der Waals surface area contributed by atoms with E-state index in [1.54, 1.807) is 0 Å². The fourth-order valence-electron chi connectivity index (χ4n) is 3.49. The van der Waals surface area contributed by atoms with E-state index in [0.717, 1.165) is 38.9 Å². The van der Waals surface area contributed by atoms with E-state index in [1.807, 2.05) is 0 Å². The maximum atomic E-state index is 9.93. The Balaban J connectivity index is 2.64. The predicted molar refractivity (Wildman–Crippen MR) is 90.8 cm³/mol. The molecule has 0 amide bonds. The molecular weight excluding hydrogens is 262 g/mol. The third-order valence-corrected chi connectivity index (χ3v) is 4.73. The summed E-state index contributed by atoms with van der Waals surface area (Å²) >= 11 is 0. The Kier molecular flexibility index (Phi) is 8.79. The summed E-state index contributed by atoms with van der Waals surface area (Å²) < 4.78 is 0. The Hall–Kier alpha value is -0.160. The smallest absolute Gasteiger partial charge is 0.0613 e. The lowest BCUT2D eigenvalue weighted by atomic mass is 9.78. The first-order valence-corrected chi connectivity index (χ1v) is 8.81. The molecule has 0 aromatic carbocycles. The molecule has 1 rings (SSSR count). The van der Waals surface area contributed by atoms with Crippen molar-refractivity contribution < 1.29 is 5.11 Å². The van der Waals surface area contributed by atoms with Crippen LogP contribution in [0.4, 0.5) is 0 Å². The van der Waals surface area contributed by atoms with Gasteiger partial charge in [0.25, 0.3) is 0 Å². The molecule has 0 aliphatic heterocycles. The van der Waals surface area contributed by atoms with E-state index >= 15 is 0 Å². The number of rotatable bonds is 10. The van der Waals surface area contributed by atoms with E-state index in [9.17, 15) is 5.11 Å². The Morgan fingerprint density at radius 1 is 1.14 bits per heavy atom. The van der Waals surface area contributed by atoms with Crippen molar-refractivity contribution in [3.8, 4) is 0 Å². The van der Waals surface area contributed by atoms with Crippen molar-refractivity contribution in [2.24, 2.45) is 0 Å². The average Bonchev–Trinajstić information content (AvgIpc) is 2.49. The summed E-state index contributed by atoms with van der Waals surface area (Å²) in [4.78, 5) is 4.91. The van der Waals surface area contributed by atoms with Crippen LogP contribution in [0.2, 0.25) is 0 Å². The van der Waals surface area contributed by atoms with Crippen LogP contribution in [0.3, 0.4) is 0 Å². The van der Waals surface area contributed by atoms with Crippen LogP contribution >= 0.6 is 0 Å². The van der Waals surface area contributed by atoms with Crippen molar-refractivity contribution in [2.45, 2.75) is 64.0 Å². The van der Waals surface area contributed by atoms with Crippen molar-refractivity contribution in [2.75, 3.05) is 46.9 Å². The van der Waals surface area contributed by atoms with Crippen LogP contribution < -0.4 is 5.32 Å². The number of aliphatic hydroxyl groups is 1. The van der Waals surface area contributed by atoms with E-state index in [1.165, 1.54) is 25.8 Å². The van der Waals surface area contributed by atoms with E-state index in [-0.39, 0.29) is 12.1 Å². The molecule has 0 radical (unpaired) electrons. The predicted octanol–water partition coefficient (Wildman–Crippen LogP) is 1.93. The third-order valence-electron chi connectivity index (χ3n) is 4.73. The van der Waals surface area contributed by atoms with Crippen LogP contribution in [0, 0.1) is 0 Å². The molecule has 0 spiro atoms. The molecule has 2 N–H and O–H groups in total. The molecule has 0 heterocycles. The third kappa shape index (κ3) is 6.23. The molecule has 4 nitrogen and oxygen atoms in total. The van der Waals surface area contributed by atoms with E-state index in [4.69, 9.17) is 0 Å². The summed E-state index contributed by atoms with van der Waals surface area (Å²) in [6.07, 6.45) is 7.06. The quantitative estimate of drug-likeness (QED) is 0.646. The molecule has 2 unspecified atom stereocenters. The maximum absolute atomic E-state index is 9.93. The van der Waals surface area contributed by atoms with Crippen LogP contribution in [0.1, 0.15) is 52.4 Å². The van der Waals surface area contributed by atoms with Gasteiger partial charge in [-0.2, -0.15) is 0 Å². The number of hydrogen-bond acceptors (Lipinski definition) is 4. The van der Waals surface area contributed by atoms with Gasteiger partial charge in [-0.15, -0.1) is 0 Å². The molecule has 1 aliphatic rings. The van der Waals surface area contributed by atoms with Gasteiger partial charge >= 0.3 is 0 Å². The highest BCUT2D eigenvalue weighted by Gasteiger charge is 2.37. The van der Waals surface area contributed by atoms with E-state index in [2.05, 4.69) is 43.1 Å². The van der Waals surface area contributed by atoms with Gasteiger partial charge in [0.1, 0.15) is 0 Å². The number of likely N-dealkylation sites (N-methyl/N-ethyl adjacent to an activating group) is 1. The second-order valence-corrected chi connectivity index (χ2v) is 6.95. The van der Waals surface area contributed by atoms with Gasteiger partial charge in [-0.25, -0.2) is 0 Å². The molecule has 1 saturated carbocycles. The number of hydrogen-bond donors (Lipinski definition) is 2. The summed E-state index contributed by atoms with van der Waals surface area (Å²) in [5.74, 6) is 0. The van der Waals surface area contributed by atoms with Gasteiger partial charge in [-0.1, -0.05) is 13.8 Å². The zero-order valence-electron chi connectivity index (χ0n) is 14.7. The molecule has 2 atom stereocenters. The molecule has 126 valence electrons. The highest BCUT2D eigenvalue weighted by atomic mass is 16.3. The largest absolute Gasteiger partial charge is 0.394 e. The minimum Gasteiger partial charge on any atom is -0.394 e. The van der Waals surface area contributed by atoms with Gasteiger partial charge < -0.3 is 15.3 Å². The summed E-state index contributed by atoms with van der Waals surface area (Å²) in [6, 6.07) is 0.621. The minimum absolute atomic E-state index is 0.0387. The topological polar surface area (TPSA) is 38.7 Å². The summed E-state index contributed by atoms with van der Waals surface area (Å²) in [5, 5.41) is 13.6. The fraction of sp³-hybridized carbons (Fsp3) is 1.00. The van der Waals surface area contributed by atoms with E-state index in [0.29, 0.717) is 6.04 Å². The second kappa shape index (κ2) is 9.78. The van der Waals surface area contributed by atoms with E-state index < -0.39 is 0 Å². The van der Waals surface area contributed by atoms with Crippen LogP contribution in [-0.2, 0) is 0 Å². The highest BCUT2D eigenvalue weighted by Crippen LogP contribution is 2.31. The molecule has 0 aromatic rings. The maximum Gasteiger partial charge on any atom is 0.0613 e. The summed E-state index contributed by atoms with van der Waals surface area (Å²) in [5.41, 5.74) is -0.0387. The molecule has 0 bridgehead atoms. The first-order chi connectivity index (χ1) is 10.1. The number of aliphatic hydroxyl groups excluding tert-OH is 1. The lowest BCUT2D eigenvalue weighted by Gasteiger charge is -2.45. The molecule has 0 saturated heterocycles. The molecule has 1 aliphatic carbocycles. The van der Waals surface area contributed by atoms with Gasteiger partial charge in [-0.3, -0.25) is 4.90 Å². The Labute approximate surface area is 131 Å². The lowest BCUT2D eigenvalue weighted by Crippen LogP contribution is -2.56.